The molecule has 32 heavy (non-hydrogen) atoms. The first kappa shape index (κ1) is 25.7. The molecule has 0 heterocycles. The molecular formula is C23H30ClN3O4S. The molecule has 0 saturated carbocycles. The number of carbonyl (C=O) groups excluding carboxylic acids is 2. The van der Waals surface area contributed by atoms with Crippen molar-refractivity contribution in [3.05, 3.63) is 64.7 Å². The highest BCUT2D eigenvalue weighted by molar-refractivity contribution is 7.92. The molecule has 0 fully saturated rings. The summed E-state index contributed by atoms with van der Waals surface area (Å²) in [6.07, 6.45) is 1.56. The predicted octanol–water partition coefficient (Wildman–Crippen LogP) is 3.36. The number of hydrogen-bond acceptors (Lipinski definition) is 4. The number of nitrogens with zero attached hydrogens (tertiary/aromatic N) is 2. The van der Waals surface area contributed by atoms with Gasteiger partial charge in [-0.2, -0.15) is 0 Å². The highest BCUT2D eigenvalue weighted by Gasteiger charge is 2.26. The zero-order chi connectivity index (χ0) is 23.9. The monoisotopic (exact) mass is 479 g/mol. The molecule has 2 rings (SSSR count). The summed E-state index contributed by atoms with van der Waals surface area (Å²) in [5.74, 6) is -0.516. The molecule has 0 bridgehead atoms. The lowest BCUT2D eigenvalue weighted by Crippen LogP contribution is -2.46. The van der Waals surface area contributed by atoms with Gasteiger partial charge in [0, 0.05) is 31.6 Å². The minimum Gasteiger partial charge on any atom is -0.357 e. The van der Waals surface area contributed by atoms with Gasteiger partial charge in [0.05, 0.1) is 11.9 Å². The van der Waals surface area contributed by atoms with Crippen LogP contribution < -0.4 is 9.62 Å². The van der Waals surface area contributed by atoms with Crippen molar-refractivity contribution < 1.29 is 18.0 Å². The molecule has 0 aliphatic carbocycles. The number of rotatable bonds is 10. The fourth-order valence-corrected chi connectivity index (χ4v) is 4.68. The molecule has 2 aromatic carbocycles. The van der Waals surface area contributed by atoms with E-state index in [0.29, 0.717) is 17.1 Å². The molecule has 0 aliphatic heterocycles. The highest BCUT2D eigenvalue weighted by atomic mass is 35.5. The molecule has 0 saturated heterocycles. The Kier molecular flexibility index (Phi) is 9.09. The Morgan fingerprint density at radius 1 is 1.12 bits per heavy atom. The van der Waals surface area contributed by atoms with Crippen LogP contribution in [0.15, 0.2) is 48.5 Å². The molecule has 0 unspecified atom stereocenters. The van der Waals surface area contributed by atoms with Gasteiger partial charge in [0.15, 0.2) is 0 Å². The number of para-hydroxylation sites is 1. The number of sulfonamides is 1. The SMILES string of the molecule is CNC(=O)[C@H](C)N(Cc1cccc(Cl)c1)C(=O)CCCN(c1ccccc1C)S(C)(=O)=O. The summed E-state index contributed by atoms with van der Waals surface area (Å²) in [6.45, 7) is 3.89. The molecule has 0 aromatic heterocycles. The Morgan fingerprint density at radius 3 is 2.41 bits per heavy atom. The van der Waals surface area contributed by atoms with Crippen molar-refractivity contribution in [3.63, 3.8) is 0 Å². The summed E-state index contributed by atoms with van der Waals surface area (Å²) >= 11 is 6.06. The zero-order valence-corrected chi connectivity index (χ0v) is 20.4. The van der Waals surface area contributed by atoms with Crippen molar-refractivity contribution >= 4 is 39.1 Å². The molecule has 1 N–H and O–H groups in total. The Balaban J connectivity index is 2.15. The van der Waals surface area contributed by atoms with Gasteiger partial charge >= 0.3 is 0 Å². The van der Waals surface area contributed by atoms with E-state index in [1.54, 1.807) is 37.3 Å². The number of carbonyl (C=O) groups is 2. The van der Waals surface area contributed by atoms with Gasteiger partial charge in [-0.15, -0.1) is 0 Å². The van der Waals surface area contributed by atoms with E-state index in [1.165, 1.54) is 16.3 Å². The first-order chi connectivity index (χ1) is 15.0. The van der Waals surface area contributed by atoms with Gasteiger partial charge in [-0.05, 0) is 49.6 Å². The van der Waals surface area contributed by atoms with E-state index in [4.69, 9.17) is 11.6 Å². The number of aryl methyl sites for hydroxylation is 1. The van der Waals surface area contributed by atoms with Crippen molar-refractivity contribution in [3.8, 4) is 0 Å². The van der Waals surface area contributed by atoms with Crippen LogP contribution in [-0.2, 0) is 26.2 Å². The summed E-state index contributed by atoms with van der Waals surface area (Å²) in [5.41, 5.74) is 2.23. The molecule has 0 aliphatic rings. The van der Waals surface area contributed by atoms with E-state index in [9.17, 15) is 18.0 Å². The summed E-state index contributed by atoms with van der Waals surface area (Å²) in [4.78, 5) is 26.8. The normalized spacial score (nSPS) is 12.2. The summed E-state index contributed by atoms with van der Waals surface area (Å²) in [7, 11) is -2.00. The van der Waals surface area contributed by atoms with Crippen molar-refractivity contribution in [1.29, 1.82) is 0 Å². The van der Waals surface area contributed by atoms with Gasteiger partial charge in [-0.3, -0.25) is 13.9 Å². The first-order valence-electron chi connectivity index (χ1n) is 10.3. The van der Waals surface area contributed by atoms with Crippen molar-refractivity contribution in [2.24, 2.45) is 0 Å². The average Bonchev–Trinajstić information content (AvgIpc) is 2.74. The molecule has 2 aromatic rings. The third-order valence-electron chi connectivity index (χ3n) is 5.19. The minimum absolute atomic E-state index is 0.0970. The molecule has 2 amide bonds. The summed E-state index contributed by atoms with van der Waals surface area (Å²) < 4.78 is 26.1. The van der Waals surface area contributed by atoms with E-state index >= 15 is 0 Å². The first-order valence-corrected chi connectivity index (χ1v) is 12.6. The van der Waals surface area contributed by atoms with Gasteiger partial charge in [-0.25, -0.2) is 8.42 Å². The van der Waals surface area contributed by atoms with Crippen LogP contribution in [0.5, 0.6) is 0 Å². The average molecular weight is 480 g/mol. The van der Waals surface area contributed by atoms with Gasteiger partial charge < -0.3 is 10.2 Å². The molecular weight excluding hydrogens is 450 g/mol. The second-order valence-corrected chi connectivity index (χ2v) is 10.0. The summed E-state index contributed by atoms with van der Waals surface area (Å²) in [5, 5.41) is 3.12. The molecule has 9 heteroatoms. The second-order valence-electron chi connectivity index (χ2n) is 7.67. The maximum absolute atomic E-state index is 13.1. The largest absolute Gasteiger partial charge is 0.357 e. The summed E-state index contributed by atoms with van der Waals surface area (Å²) in [6, 6.07) is 13.7. The van der Waals surface area contributed by atoms with Crippen LogP contribution >= 0.6 is 11.6 Å². The number of likely N-dealkylation sites (N-methyl/N-ethyl adjacent to an activating group) is 1. The van der Waals surface area contributed by atoms with Crippen LogP contribution in [0.2, 0.25) is 5.02 Å². The van der Waals surface area contributed by atoms with Crippen LogP contribution in [-0.4, -0.2) is 51.0 Å². The van der Waals surface area contributed by atoms with Gasteiger partial charge in [0.2, 0.25) is 21.8 Å². The lowest BCUT2D eigenvalue weighted by atomic mass is 10.1. The van der Waals surface area contributed by atoms with Crippen LogP contribution in [0, 0.1) is 6.92 Å². The number of benzene rings is 2. The van der Waals surface area contributed by atoms with Crippen molar-refractivity contribution in [1.82, 2.24) is 10.2 Å². The van der Waals surface area contributed by atoms with E-state index in [0.717, 1.165) is 17.4 Å². The fraction of sp³-hybridized carbons (Fsp3) is 0.391. The number of nitrogens with one attached hydrogen (secondary N) is 1. The lowest BCUT2D eigenvalue weighted by molar-refractivity contribution is -0.140. The van der Waals surface area contributed by atoms with Crippen LogP contribution in [0.25, 0.3) is 0 Å². The van der Waals surface area contributed by atoms with Gasteiger partial charge in [-0.1, -0.05) is 41.9 Å². The molecule has 0 radical (unpaired) electrons. The van der Waals surface area contributed by atoms with E-state index in [-0.39, 0.29) is 31.3 Å². The standard InChI is InChI=1S/C23H30ClN3O4S/c1-17-9-5-6-12-21(17)27(32(4,30)31)14-8-13-22(28)26(18(2)23(29)25-3)16-19-10-7-11-20(24)15-19/h5-7,9-12,15,18H,8,13-14,16H2,1-4H3,(H,25,29)/t18-/m0/s1. The van der Waals surface area contributed by atoms with E-state index < -0.39 is 16.1 Å². The zero-order valence-electron chi connectivity index (χ0n) is 18.8. The number of hydrogen-bond donors (Lipinski definition) is 1. The van der Waals surface area contributed by atoms with E-state index in [2.05, 4.69) is 5.32 Å². The smallest absolute Gasteiger partial charge is 0.242 e. The highest BCUT2D eigenvalue weighted by Crippen LogP contribution is 2.23. The number of halogens is 1. The number of anilines is 1. The predicted molar refractivity (Wildman–Crippen MR) is 128 cm³/mol. The topological polar surface area (TPSA) is 86.8 Å². The second kappa shape index (κ2) is 11.3. The Labute approximate surface area is 195 Å². The number of amides is 2. The molecule has 174 valence electrons. The van der Waals surface area contributed by atoms with Gasteiger partial charge in [0.25, 0.3) is 0 Å². The third kappa shape index (κ3) is 6.97. The molecule has 0 spiro atoms. The Morgan fingerprint density at radius 2 is 1.81 bits per heavy atom. The third-order valence-corrected chi connectivity index (χ3v) is 6.61. The van der Waals surface area contributed by atoms with Gasteiger partial charge in [0.1, 0.15) is 6.04 Å². The maximum Gasteiger partial charge on any atom is 0.242 e. The van der Waals surface area contributed by atoms with Crippen LogP contribution in [0.4, 0.5) is 5.69 Å². The quantitative estimate of drug-likeness (QED) is 0.566. The molecule has 1 atom stereocenters. The van der Waals surface area contributed by atoms with E-state index in [1.807, 2.05) is 25.1 Å². The Bertz CT molecular complexity index is 1060. The van der Waals surface area contributed by atoms with Crippen LogP contribution in [0.1, 0.15) is 30.9 Å². The molecule has 7 nitrogen and oxygen atoms in total. The van der Waals surface area contributed by atoms with Crippen molar-refractivity contribution in [2.45, 2.75) is 39.3 Å². The lowest BCUT2D eigenvalue weighted by Gasteiger charge is -2.29. The van der Waals surface area contributed by atoms with Crippen LogP contribution in [0.3, 0.4) is 0 Å². The Hall–Kier alpha value is -2.58. The maximum atomic E-state index is 13.1. The minimum atomic E-state index is -3.52. The van der Waals surface area contributed by atoms with Crippen molar-refractivity contribution in [2.75, 3.05) is 24.2 Å². The fourth-order valence-electron chi connectivity index (χ4n) is 3.45.